The lowest BCUT2D eigenvalue weighted by Gasteiger charge is -2.27. The van der Waals surface area contributed by atoms with Crippen molar-refractivity contribution in [3.05, 3.63) is 23.4 Å². The van der Waals surface area contributed by atoms with E-state index in [1.165, 1.54) is 6.20 Å². The van der Waals surface area contributed by atoms with Gasteiger partial charge in [-0.2, -0.15) is 0 Å². The second kappa shape index (κ2) is 6.02. The van der Waals surface area contributed by atoms with E-state index < -0.39 is 17.8 Å². The van der Waals surface area contributed by atoms with Crippen LogP contribution >= 0.6 is 11.6 Å². The Labute approximate surface area is 116 Å². The highest BCUT2D eigenvalue weighted by molar-refractivity contribution is 6.30. The lowest BCUT2D eigenvalue weighted by Crippen LogP contribution is -2.36. The van der Waals surface area contributed by atoms with Crippen LogP contribution < -0.4 is 5.32 Å². The first-order chi connectivity index (χ1) is 9.08. The third kappa shape index (κ3) is 3.44. The number of amides is 1. The Bertz CT molecular complexity index is 475. The first-order valence-corrected chi connectivity index (χ1v) is 6.61. The average Bonchev–Trinajstić information content (AvgIpc) is 2.41. The zero-order valence-electron chi connectivity index (χ0n) is 10.3. The Morgan fingerprint density at radius 1 is 1.26 bits per heavy atom. The maximum Gasteiger partial charge on any atom is 0.307 e. The summed E-state index contributed by atoms with van der Waals surface area (Å²) in [5.74, 6) is -1.86. The Morgan fingerprint density at radius 3 is 2.53 bits per heavy atom. The first-order valence-electron chi connectivity index (χ1n) is 6.23. The van der Waals surface area contributed by atoms with Crippen molar-refractivity contribution in [3.8, 4) is 0 Å². The molecule has 1 heterocycles. The highest BCUT2D eigenvalue weighted by atomic mass is 35.5. The van der Waals surface area contributed by atoms with Crippen LogP contribution in [-0.4, -0.2) is 22.0 Å². The second-order valence-electron chi connectivity index (χ2n) is 4.69. The minimum Gasteiger partial charge on any atom is -0.481 e. The molecular formula is C13H15ClN2O3. The van der Waals surface area contributed by atoms with Gasteiger partial charge in [0, 0.05) is 6.20 Å². The summed E-state index contributed by atoms with van der Waals surface area (Å²) in [5, 5.41) is 12.3. The van der Waals surface area contributed by atoms with Gasteiger partial charge in [0.25, 0.3) is 0 Å². The van der Waals surface area contributed by atoms with E-state index in [9.17, 15) is 9.59 Å². The van der Waals surface area contributed by atoms with Crippen molar-refractivity contribution in [1.82, 2.24) is 4.98 Å². The van der Waals surface area contributed by atoms with E-state index in [4.69, 9.17) is 16.7 Å². The maximum atomic E-state index is 12.1. The molecule has 0 spiro atoms. The van der Waals surface area contributed by atoms with Crippen molar-refractivity contribution >= 4 is 29.3 Å². The number of nitrogens with zero attached hydrogens (tertiary/aromatic N) is 1. The van der Waals surface area contributed by atoms with Gasteiger partial charge in [-0.05, 0) is 25.0 Å². The topological polar surface area (TPSA) is 79.3 Å². The van der Waals surface area contributed by atoms with Crippen molar-refractivity contribution in [3.63, 3.8) is 0 Å². The Kier molecular flexibility index (Phi) is 4.37. The van der Waals surface area contributed by atoms with Crippen LogP contribution in [0.25, 0.3) is 0 Å². The number of aromatic nitrogens is 1. The largest absolute Gasteiger partial charge is 0.481 e. The van der Waals surface area contributed by atoms with Crippen LogP contribution in [0.2, 0.25) is 5.02 Å². The number of halogens is 1. The van der Waals surface area contributed by atoms with Gasteiger partial charge < -0.3 is 10.4 Å². The number of hydrogen-bond donors (Lipinski definition) is 2. The molecule has 19 heavy (non-hydrogen) atoms. The predicted octanol–water partition coefficient (Wildman–Crippen LogP) is 2.56. The molecule has 1 saturated carbocycles. The van der Waals surface area contributed by atoms with Crippen LogP contribution in [0.1, 0.15) is 25.7 Å². The normalized spacial score (nSPS) is 22.8. The molecule has 0 aliphatic heterocycles. The molecule has 2 N–H and O–H groups in total. The molecule has 2 rings (SSSR count). The van der Waals surface area contributed by atoms with Crippen molar-refractivity contribution in [2.45, 2.75) is 25.7 Å². The zero-order valence-corrected chi connectivity index (χ0v) is 11.1. The monoisotopic (exact) mass is 282 g/mol. The summed E-state index contributed by atoms with van der Waals surface area (Å²) in [6.07, 6.45) is 4.35. The number of carbonyl (C=O) groups excluding carboxylic acids is 1. The van der Waals surface area contributed by atoms with Crippen LogP contribution in [0, 0.1) is 11.8 Å². The number of pyridine rings is 1. The molecule has 1 aromatic heterocycles. The molecule has 2 atom stereocenters. The lowest BCUT2D eigenvalue weighted by molar-refractivity contribution is -0.147. The summed E-state index contributed by atoms with van der Waals surface area (Å²) in [7, 11) is 0. The van der Waals surface area contributed by atoms with E-state index >= 15 is 0 Å². The van der Waals surface area contributed by atoms with Gasteiger partial charge in [-0.15, -0.1) is 0 Å². The summed E-state index contributed by atoms with van der Waals surface area (Å²) >= 11 is 5.71. The smallest absolute Gasteiger partial charge is 0.307 e. The van der Waals surface area contributed by atoms with E-state index in [0.29, 0.717) is 23.7 Å². The van der Waals surface area contributed by atoms with Gasteiger partial charge in [0.1, 0.15) is 5.82 Å². The number of carboxylic acid groups (broad SMARTS) is 1. The number of aliphatic carboxylic acids is 1. The predicted molar refractivity (Wildman–Crippen MR) is 71.0 cm³/mol. The zero-order chi connectivity index (χ0) is 13.8. The fourth-order valence-electron chi connectivity index (χ4n) is 2.41. The number of nitrogens with one attached hydrogen (secondary N) is 1. The molecule has 1 aliphatic carbocycles. The van der Waals surface area contributed by atoms with Gasteiger partial charge in [-0.3, -0.25) is 9.59 Å². The summed E-state index contributed by atoms with van der Waals surface area (Å²) in [6.45, 7) is 0. The maximum absolute atomic E-state index is 12.1. The quantitative estimate of drug-likeness (QED) is 0.893. The molecule has 6 heteroatoms. The molecule has 0 aromatic carbocycles. The van der Waals surface area contributed by atoms with Crippen molar-refractivity contribution in [2.75, 3.05) is 5.32 Å². The number of carbonyl (C=O) groups is 2. The first kappa shape index (κ1) is 13.8. The third-order valence-corrected chi connectivity index (χ3v) is 3.62. The lowest BCUT2D eigenvalue weighted by atomic mass is 9.79. The summed E-state index contributed by atoms with van der Waals surface area (Å²) in [5.41, 5.74) is 0. The standard InChI is InChI=1S/C13H15ClN2O3/c14-8-5-6-11(15-7-8)16-12(17)9-3-1-2-4-10(9)13(18)19/h5-7,9-10H,1-4H2,(H,18,19)(H,15,16,17)/t9-,10-/m1/s1. The van der Waals surface area contributed by atoms with Crippen LogP contribution in [0.5, 0.6) is 0 Å². The highest BCUT2D eigenvalue weighted by Crippen LogP contribution is 2.31. The van der Waals surface area contributed by atoms with Crippen LogP contribution in [-0.2, 0) is 9.59 Å². The fraction of sp³-hybridized carbons (Fsp3) is 0.462. The van der Waals surface area contributed by atoms with Gasteiger partial charge in [0.05, 0.1) is 16.9 Å². The second-order valence-corrected chi connectivity index (χ2v) is 5.12. The van der Waals surface area contributed by atoms with Crippen LogP contribution in [0.4, 0.5) is 5.82 Å². The van der Waals surface area contributed by atoms with Crippen LogP contribution in [0.15, 0.2) is 18.3 Å². The molecule has 1 aliphatic rings. The Morgan fingerprint density at radius 2 is 1.95 bits per heavy atom. The molecule has 0 radical (unpaired) electrons. The van der Waals surface area contributed by atoms with Gasteiger partial charge in [0.2, 0.25) is 5.91 Å². The Balaban J connectivity index is 2.05. The van der Waals surface area contributed by atoms with Gasteiger partial charge in [0.15, 0.2) is 0 Å². The Hall–Kier alpha value is -1.62. The molecule has 1 aromatic rings. The molecule has 1 amide bonds. The minimum absolute atomic E-state index is 0.276. The van der Waals surface area contributed by atoms with E-state index in [1.54, 1.807) is 12.1 Å². The third-order valence-electron chi connectivity index (χ3n) is 3.40. The summed E-state index contributed by atoms with van der Waals surface area (Å²) in [4.78, 5) is 27.2. The summed E-state index contributed by atoms with van der Waals surface area (Å²) in [6, 6.07) is 3.22. The number of rotatable bonds is 3. The molecule has 102 valence electrons. The van der Waals surface area contributed by atoms with E-state index in [0.717, 1.165) is 12.8 Å². The van der Waals surface area contributed by atoms with Gasteiger partial charge in [-0.25, -0.2) is 4.98 Å². The molecule has 0 bridgehead atoms. The number of hydrogen-bond acceptors (Lipinski definition) is 3. The van der Waals surface area contributed by atoms with E-state index in [2.05, 4.69) is 10.3 Å². The SMILES string of the molecule is O=C(O)[C@@H]1CCCC[C@H]1C(=O)Nc1ccc(Cl)cn1. The van der Waals surface area contributed by atoms with Crippen molar-refractivity contribution < 1.29 is 14.7 Å². The average molecular weight is 283 g/mol. The molecule has 1 fully saturated rings. The summed E-state index contributed by atoms with van der Waals surface area (Å²) < 4.78 is 0. The van der Waals surface area contributed by atoms with Crippen molar-refractivity contribution in [1.29, 1.82) is 0 Å². The number of carboxylic acids is 1. The number of anilines is 1. The highest BCUT2D eigenvalue weighted by Gasteiger charge is 2.35. The fourth-order valence-corrected chi connectivity index (χ4v) is 2.52. The molecular weight excluding hydrogens is 268 g/mol. The van der Waals surface area contributed by atoms with Crippen LogP contribution in [0.3, 0.4) is 0 Å². The molecule has 0 saturated heterocycles. The molecule has 5 nitrogen and oxygen atoms in total. The van der Waals surface area contributed by atoms with E-state index in [-0.39, 0.29) is 5.91 Å². The van der Waals surface area contributed by atoms with Gasteiger partial charge >= 0.3 is 5.97 Å². The minimum atomic E-state index is -0.899. The molecule has 0 unspecified atom stereocenters. The van der Waals surface area contributed by atoms with E-state index in [1.807, 2.05) is 0 Å². The van der Waals surface area contributed by atoms with Gasteiger partial charge in [-0.1, -0.05) is 24.4 Å². The van der Waals surface area contributed by atoms with Crippen molar-refractivity contribution in [2.24, 2.45) is 11.8 Å².